The number of fused-ring (bicyclic) bond motifs is 1. The number of nitrogens with zero attached hydrogens (tertiary/aromatic N) is 3. The van der Waals surface area contributed by atoms with Crippen molar-refractivity contribution < 1.29 is 14.3 Å². The minimum atomic E-state index is -0.331. The van der Waals surface area contributed by atoms with Crippen molar-refractivity contribution >= 4 is 40.2 Å². The van der Waals surface area contributed by atoms with Gasteiger partial charge >= 0.3 is 6.09 Å². The number of piperazine rings is 1. The molecule has 2 aromatic carbocycles. The van der Waals surface area contributed by atoms with Gasteiger partial charge in [-0.3, -0.25) is 9.59 Å². The highest BCUT2D eigenvalue weighted by Crippen LogP contribution is 2.37. The van der Waals surface area contributed by atoms with Crippen molar-refractivity contribution in [2.75, 3.05) is 50.8 Å². The molecule has 0 aliphatic carbocycles. The molecule has 2 aliphatic heterocycles. The second-order valence-corrected chi connectivity index (χ2v) is 9.97. The van der Waals surface area contributed by atoms with Crippen molar-refractivity contribution in [2.45, 2.75) is 19.8 Å². The lowest BCUT2D eigenvalue weighted by Gasteiger charge is -2.39. The van der Waals surface area contributed by atoms with Crippen LogP contribution in [0, 0.1) is 5.92 Å². The Morgan fingerprint density at radius 1 is 1.03 bits per heavy atom. The highest BCUT2D eigenvalue weighted by atomic mass is 35.5. The van der Waals surface area contributed by atoms with Crippen LogP contribution in [-0.4, -0.2) is 72.7 Å². The zero-order valence-electron chi connectivity index (χ0n) is 20.9. The first-order valence-electron chi connectivity index (χ1n) is 12.8. The molecule has 2 aliphatic rings. The monoisotopic (exact) mass is 522 g/mol. The van der Waals surface area contributed by atoms with Gasteiger partial charge in [-0.25, -0.2) is 4.79 Å². The number of rotatable bonds is 4. The van der Waals surface area contributed by atoms with E-state index in [1.807, 2.05) is 47.4 Å². The Balaban J connectivity index is 1.42. The molecule has 194 valence electrons. The van der Waals surface area contributed by atoms with E-state index < -0.39 is 0 Å². The van der Waals surface area contributed by atoms with Gasteiger partial charge in [0.05, 0.1) is 12.5 Å². The minimum Gasteiger partial charge on any atom is -0.450 e. The number of amides is 2. The summed E-state index contributed by atoms with van der Waals surface area (Å²) < 4.78 is 5.09. The number of piperidine rings is 1. The van der Waals surface area contributed by atoms with Crippen molar-refractivity contribution in [3.63, 3.8) is 0 Å². The third kappa shape index (κ3) is 5.16. The molecule has 2 fully saturated rings. The van der Waals surface area contributed by atoms with E-state index in [9.17, 15) is 14.4 Å². The molecule has 2 amide bonds. The van der Waals surface area contributed by atoms with Gasteiger partial charge in [0.25, 0.3) is 5.56 Å². The summed E-state index contributed by atoms with van der Waals surface area (Å²) >= 11 is 6.37. The highest BCUT2D eigenvalue weighted by molar-refractivity contribution is 6.31. The Hall–Kier alpha value is -3.52. The first-order valence-corrected chi connectivity index (χ1v) is 13.2. The molecule has 0 spiro atoms. The molecule has 0 radical (unpaired) electrons. The molecule has 1 N–H and O–H groups in total. The number of hydrogen-bond donors (Lipinski definition) is 1. The second kappa shape index (κ2) is 10.8. The summed E-state index contributed by atoms with van der Waals surface area (Å²) in [6, 6.07) is 15.3. The van der Waals surface area contributed by atoms with Crippen LogP contribution in [0.1, 0.15) is 19.8 Å². The molecule has 0 unspecified atom stereocenters. The zero-order chi connectivity index (χ0) is 25.9. The van der Waals surface area contributed by atoms with Gasteiger partial charge in [0.2, 0.25) is 5.91 Å². The normalized spacial score (nSPS) is 18.2. The molecule has 2 saturated heterocycles. The average Bonchev–Trinajstić information content (AvgIpc) is 2.93. The van der Waals surface area contributed by atoms with Gasteiger partial charge in [-0.2, -0.15) is 0 Å². The van der Waals surface area contributed by atoms with Crippen LogP contribution in [0.5, 0.6) is 0 Å². The molecule has 1 aromatic heterocycles. The molecule has 8 nitrogen and oxygen atoms in total. The molecule has 37 heavy (non-hydrogen) atoms. The Labute approximate surface area is 220 Å². The van der Waals surface area contributed by atoms with Crippen LogP contribution in [0.3, 0.4) is 0 Å². The number of hydrogen-bond acceptors (Lipinski definition) is 5. The van der Waals surface area contributed by atoms with Crippen LogP contribution in [0.15, 0.2) is 53.3 Å². The number of carbonyl (C=O) groups excluding carboxylic acids is 2. The Morgan fingerprint density at radius 2 is 1.76 bits per heavy atom. The molecule has 5 rings (SSSR count). The van der Waals surface area contributed by atoms with Crippen LogP contribution in [0.2, 0.25) is 5.02 Å². The van der Waals surface area contributed by atoms with Gasteiger partial charge in [-0.1, -0.05) is 41.9 Å². The summed E-state index contributed by atoms with van der Waals surface area (Å²) in [5.74, 6) is -0.143. The topological polar surface area (TPSA) is 85.9 Å². The number of pyridine rings is 1. The van der Waals surface area contributed by atoms with Crippen LogP contribution in [0.4, 0.5) is 10.5 Å². The van der Waals surface area contributed by atoms with Crippen molar-refractivity contribution in [1.29, 1.82) is 0 Å². The Bertz CT molecular complexity index is 1350. The van der Waals surface area contributed by atoms with Crippen molar-refractivity contribution in [1.82, 2.24) is 14.8 Å². The number of aromatic nitrogens is 1. The maximum absolute atomic E-state index is 13.5. The lowest BCUT2D eigenvalue weighted by atomic mass is 9.93. The van der Waals surface area contributed by atoms with Crippen molar-refractivity contribution in [3.8, 4) is 11.1 Å². The van der Waals surface area contributed by atoms with Crippen LogP contribution in [-0.2, 0) is 9.53 Å². The molecule has 3 heterocycles. The standard InChI is InChI=1S/C28H31ClN4O4/c1-2-37-28(36)32-15-13-31(14-16-32)27(35)20-9-6-12-33(18-20)25-24(19-7-4-3-5-8-19)22-17-21(29)10-11-23(22)30-26(25)34/h3-5,7-8,10-11,17,20H,2,6,9,12-16,18H2,1H3,(H,30,34)/t20-/m1/s1. The fourth-order valence-corrected chi connectivity index (χ4v) is 5.59. The van der Waals surface area contributed by atoms with E-state index >= 15 is 0 Å². The Morgan fingerprint density at radius 3 is 2.49 bits per heavy atom. The molecule has 0 bridgehead atoms. The van der Waals surface area contributed by atoms with Crippen LogP contribution in [0.25, 0.3) is 22.0 Å². The number of ether oxygens (including phenoxy) is 1. The SMILES string of the molecule is CCOC(=O)N1CCN(C(=O)[C@@H]2CCCN(c3c(-c4ccccc4)c4cc(Cl)ccc4[nH]c3=O)C2)CC1. The van der Waals surface area contributed by atoms with Gasteiger partial charge in [0.15, 0.2) is 0 Å². The van der Waals surface area contributed by atoms with E-state index in [-0.39, 0.29) is 23.5 Å². The van der Waals surface area contributed by atoms with E-state index in [0.29, 0.717) is 56.6 Å². The first kappa shape index (κ1) is 25.1. The van der Waals surface area contributed by atoms with E-state index in [1.54, 1.807) is 17.9 Å². The molecule has 1 atom stereocenters. The number of halogens is 1. The van der Waals surface area contributed by atoms with Crippen molar-refractivity contribution in [3.05, 3.63) is 63.9 Å². The maximum atomic E-state index is 13.5. The van der Waals surface area contributed by atoms with E-state index in [4.69, 9.17) is 16.3 Å². The van der Waals surface area contributed by atoms with Crippen LogP contribution >= 0.6 is 11.6 Å². The largest absolute Gasteiger partial charge is 0.450 e. The second-order valence-electron chi connectivity index (χ2n) is 9.53. The predicted octanol–water partition coefficient (Wildman–Crippen LogP) is 4.37. The Kier molecular flexibility index (Phi) is 7.37. The van der Waals surface area contributed by atoms with Crippen LogP contribution < -0.4 is 10.5 Å². The van der Waals surface area contributed by atoms with Gasteiger partial charge < -0.3 is 24.4 Å². The predicted molar refractivity (Wildman–Crippen MR) is 145 cm³/mol. The van der Waals surface area contributed by atoms with E-state index in [1.165, 1.54) is 0 Å². The minimum absolute atomic E-state index is 0.0785. The number of H-pyrrole nitrogens is 1. The molecular formula is C28H31ClN4O4. The van der Waals surface area contributed by atoms with Gasteiger partial charge in [-0.15, -0.1) is 0 Å². The molecular weight excluding hydrogens is 492 g/mol. The highest BCUT2D eigenvalue weighted by Gasteiger charge is 2.34. The molecule has 0 saturated carbocycles. The van der Waals surface area contributed by atoms with Gasteiger partial charge in [0.1, 0.15) is 5.69 Å². The van der Waals surface area contributed by atoms with Crippen molar-refractivity contribution in [2.24, 2.45) is 5.92 Å². The number of aromatic amines is 1. The third-order valence-electron chi connectivity index (χ3n) is 7.22. The average molecular weight is 523 g/mol. The quantitative estimate of drug-likeness (QED) is 0.550. The zero-order valence-corrected chi connectivity index (χ0v) is 21.7. The summed E-state index contributed by atoms with van der Waals surface area (Å²) in [6.07, 6.45) is 1.24. The lowest BCUT2D eigenvalue weighted by molar-refractivity contribution is -0.137. The maximum Gasteiger partial charge on any atom is 0.409 e. The first-order chi connectivity index (χ1) is 18.0. The van der Waals surface area contributed by atoms with E-state index in [2.05, 4.69) is 9.88 Å². The molecule has 9 heteroatoms. The summed E-state index contributed by atoms with van der Waals surface area (Å²) in [6.45, 7) is 5.17. The third-order valence-corrected chi connectivity index (χ3v) is 7.45. The molecule has 3 aromatic rings. The number of benzene rings is 2. The number of anilines is 1. The van der Waals surface area contributed by atoms with Gasteiger partial charge in [-0.05, 0) is 43.5 Å². The fraction of sp³-hybridized carbons (Fsp3) is 0.393. The lowest BCUT2D eigenvalue weighted by Crippen LogP contribution is -2.54. The number of carbonyl (C=O) groups is 2. The summed E-state index contributed by atoms with van der Waals surface area (Å²) in [4.78, 5) is 47.6. The van der Waals surface area contributed by atoms with Gasteiger partial charge in [0, 0.05) is 60.8 Å². The van der Waals surface area contributed by atoms with E-state index in [0.717, 1.165) is 34.9 Å². The number of nitrogens with one attached hydrogen (secondary N) is 1. The fourth-order valence-electron chi connectivity index (χ4n) is 5.42. The summed E-state index contributed by atoms with van der Waals surface area (Å²) in [5, 5.41) is 1.47. The summed E-state index contributed by atoms with van der Waals surface area (Å²) in [7, 11) is 0. The smallest absolute Gasteiger partial charge is 0.409 e. The summed E-state index contributed by atoms with van der Waals surface area (Å²) in [5.41, 5.74) is 2.88.